The summed E-state index contributed by atoms with van der Waals surface area (Å²) in [6, 6.07) is 7.32. The van der Waals surface area contributed by atoms with Gasteiger partial charge >= 0.3 is 0 Å². The molecule has 0 saturated carbocycles. The van der Waals surface area contributed by atoms with Crippen molar-refractivity contribution in [1.29, 1.82) is 0 Å². The summed E-state index contributed by atoms with van der Waals surface area (Å²) in [6.45, 7) is 0.250. The Morgan fingerprint density at radius 3 is 2.75 bits per heavy atom. The lowest BCUT2D eigenvalue weighted by Gasteiger charge is -2.14. The first kappa shape index (κ1) is 13.8. The molecular weight excluding hydrogens is 268 g/mol. The monoisotopic (exact) mass is 280 g/mol. The summed E-state index contributed by atoms with van der Waals surface area (Å²) in [5.41, 5.74) is 0.969. The van der Waals surface area contributed by atoms with E-state index in [1.165, 1.54) is 11.8 Å². The van der Waals surface area contributed by atoms with Gasteiger partial charge in [-0.15, -0.1) is 0 Å². The standard InChI is InChI=1S/C9H13ClN2O2S2/c1-15-9(6-12-16(11,13)14)7-3-2-4-8(10)5-7/h2-5,9,12H,6H2,1H3,(H2,11,13,14)/t9-/m1/s1. The van der Waals surface area contributed by atoms with Crippen LogP contribution in [0.3, 0.4) is 0 Å². The highest BCUT2D eigenvalue weighted by molar-refractivity contribution is 7.98. The summed E-state index contributed by atoms with van der Waals surface area (Å²) >= 11 is 7.39. The van der Waals surface area contributed by atoms with Gasteiger partial charge in [0.05, 0.1) is 0 Å². The van der Waals surface area contributed by atoms with Crippen molar-refractivity contribution < 1.29 is 8.42 Å². The molecule has 1 rings (SSSR count). The van der Waals surface area contributed by atoms with Gasteiger partial charge in [-0.05, 0) is 24.0 Å². The third-order valence-corrected chi connectivity index (χ3v) is 3.79. The maximum Gasteiger partial charge on any atom is 0.274 e. The van der Waals surface area contributed by atoms with Gasteiger partial charge in [-0.3, -0.25) is 0 Å². The van der Waals surface area contributed by atoms with Crippen molar-refractivity contribution >= 4 is 33.6 Å². The van der Waals surface area contributed by atoms with Crippen LogP contribution in [0, 0.1) is 0 Å². The molecule has 0 bridgehead atoms. The van der Waals surface area contributed by atoms with Gasteiger partial charge in [-0.25, -0.2) is 9.86 Å². The van der Waals surface area contributed by atoms with Crippen molar-refractivity contribution in [3.05, 3.63) is 34.9 Å². The van der Waals surface area contributed by atoms with Crippen LogP contribution >= 0.6 is 23.4 Å². The van der Waals surface area contributed by atoms with Crippen LogP contribution in [0.1, 0.15) is 10.8 Å². The van der Waals surface area contributed by atoms with Gasteiger partial charge in [0.1, 0.15) is 0 Å². The lowest BCUT2D eigenvalue weighted by molar-refractivity contribution is 0.583. The first-order valence-corrected chi connectivity index (χ1v) is 7.69. The average Bonchev–Trinajstić information content (AvgIpc) is 2.17. The summed E-state index contributed by atoms with van der Waals surface area (Å²) < 4.78 is 23.8. The summed E-state index contributed by atoms with van der Waals surface area (Å²) in [5, 5.41) is 5.50. The molecule has 1 aromatic carbocycles. The highest BCUT2D eigenvalue weighted by atomic mass is 35.5. The molecule has 0 aliphatic carbocycles. The Kier molecular flexibility index (Phi) is 5.07. The Bertz CT molecular complexity index is 451. The van der Waals surface area contributed by atoms with E-state index in [-0.39, 0.29) is 11.8 Å². The van der Waals surface area contributed by atoms with Crippen LogP contribution in [-0.4, -0.2) is 21.2 Å². The maximum atomic E-state index is 10.8. The summed E-state index contributed by atoms with van der Waals surface area (Å²) in [6.07, 6.45) is 1.90. The number of hydrogen-bond acceptors (Lipinski definition) is 3. The third kappa shape index (κ3) is 4.71. The van der Waals surface area contributed by atoms with E-state index in [0.29, 0.717) is 5.02 Å². The van der Waals surface area contributed by atoms with Crippen molar-refractivity contribution in [2.45, 2.75) is 5.25 Å². The van der Waals surface area contributed by atoms with Crippen LogP contribution in [0.5, 0.6) is 0 Å². The van der Waals surface area contributed by atoms with E-state index in [1.807, 2.05) is 24.5 Å². The van der Waals surface area contributed by atoms with Crippen molar-refractivity contribution in [2.75, 3.05) is 12.8 Å². The first-order chi connectivity index (χ1) is 7.42. The molecule has 0 aliphatic heterocycles. The Labute approximate surface area is 105 Å². The van der Waals surface area contributed by atoms with E-state index in [9.17, 15) is 8.42 Å². The molecule has 1 aromatic rings. The van der Waals surface area contributed by atoms with Crippen molar-refractivity contribution in [3.63, 3.8) is 0 Å². The zero-order chi connectivity index (χ0) is 12.2. The quantitative estimate of drug-likeness (QED) is 0.859. The van der Waals surface area contributed by atoms with E-state index in [2.05, 4.69) is 4.72 Å². The maximum absolute atomic E-state index is 10.8. The largest absolute Gasteiger partial charge is 0.274 e. The molecule has 0 fully saturated rings. The molecular formula is C9H13ClN2O2S2. The summed E-state index contributed by atoms with van der Waals surface area (Å²) in [5.74, 6) is 0. The van der Waals surface area contributed by atoms with Gasteiger partial charge in [-0.2, -0.15) is 20.2 Å². The van der Waals surface area contributed by atoms with Crippen LogP contribution in [0.2, 0.25) is 5.02 Å². The Morgan fingerprint density at radius 2 is 2.25 bits per heavy atom. The molecule has 7 heteroatoms. The Morgan fingerprint density at radius 1 is 1.56 bits per heavy atom. The second-order valence-corrected chi connectivity index (χ2v) is 6.03. The van der Waals surface area contributed by atoms with Crippen LogP contribution in [0.25, 0.3) is 0 Å². The van der Waals surface area contributed by atoms with E-state index in [1.54, 1.807) is 6.07 Å². The molecule has 4 nitrogen and oxygen atoms in total. The van der Waals surface area contributed by atoms with E-state index >= 15 is 0 Å². The van der Waals surface area contributed by atoms with E-state index in [0.717, 1.165) is 5.56 Å². The predicted molar refractivity (Wildman–Crippen MR) is 68.8 cm³/mol. The third-order valence-electron chi connectivity index (χ3n) is 1.97. The molecule has 1 atom stereocenters. The SMILES string of the molecule is CS[C@H](CNS(N)(=O)=O)c1cccc(Cl)c1. The number of thioether (sulfide) groups is 1. The van der Waals surface area contributed by atoms with Gasteiger partial charge < -0.3 is 0 Å². The molecule has 0 unspecified atom stereocenters. The number of benzene rings is 1. The number of nitrogens with two attached hydrogens (primary N) is 1. The topological polar surface area (TPSA) is 72.2 Å². The Hall–Kier alpha value is -0.270. The number of halogens is 1. The zero-order valence-corrected chi connectivity index (χ0v) is 11.1. The molecule has 16 heavy (non-hydrogen) atoms. The van der Waals surface area contributed by atoms with Crippen LogP contribution < -0.4 is 9.86 Å². The molecule has 0 amide bonds. The average molecular weight is 281 g/mol. The number of hydrogen-bond donors (Lipinski definition) is 2. The van der Waals surface area contributed by atoms with Gasteiger partial charge in [0, 0.05) is 16.8 Å². The van der Waals surface area contributed by atoms with E-state index < -0.39 is 10.2 Å². The summed E-state index contributed by atoms with van der Waals surface area (Å²) in [7, 11) is -3.64. The molecule has 0 radical (unpaired) electrons. The molecule has 0 aliphatic rings. The minimum atomic E-state index is -3.64. The van der Waals surface area contributed by atoms with E-state index in [4.69, 9.17) is 16.7 Å². The Balaban J connectivity index is 2.75. The lowest BCUT2D eigenvalue weighted by atomic mass is 10.1. The number of nitrogens with one attached hydrogen (secondary N) is 1. The molecule has 0 saturated heterocycles. The smallest absolute Gasteiger partial charge is 0.216 e. The molecule has 90 valence electrons. The first-order valence-electron chi connectivity index (χ1n) is 4.48. The second kappa shape index (κ2) is 5.88. The molecule has 0 spiro atoms. The summed E-state index contributed by atoms with van der Waals surface area (Å²) in [4.78, 5) is 0. The van der Waals surface area contributed by atoms with Crippen LogP contribution in [0.15, 0.2) is 24.3 Å². The molecule has 3 N–H and O–H groups in total. The molecule has 0 aromatic heterocycles. The second-order valence-electron chi connectivity index (χ2n) is 3.17. The van der Waals surface area contributed by atoms with Gasteiger partial charge in [0.25, 0.3) is 10.2 Å². The van der Waals surface area contributed by atoms with Crippen LogP contribution in [-0.2, 0) is 10.2 Å². The highest BCUT2D eigenvalue weighted by Gasteiger charge is 2.12. The lowest BCUT2D eigenvalue weighted by Crippen LogP contribution is -2.33. The van der Waals surface area contributed by atoms with Crippen LogP contribution in [0.4, 0.5) is 0 Å². The normalized spacial score (nSPS) is 13.7. The highest BCUT2D eigenvalue weighted by Crippen LogP contribution is 2.27. The van der Waals surface area contributed by atoms with Crippen molar-refractivity contribution in [3.8, 4) is 0 Å². The minimum absolute atomic E-state index is 0.00275. The predicted octanol–water partition coefficient (Wildman–Crippen LogP) is 1.54. The van der Waals surface area contributed by atoms with Gasteiger partial charge in [-0.1, -0.05) is 23.7 Å². The van der Waals surface area contributed by atoms with Crippen molar-refractivity contribution in [1.82, 2.24) is 4.72 Å². The fourth-order valence-electron chi connectivity index (χ4n) is 1.24. The fraction of sp³-hybridized carbons (Fsp3) is 0.333. The van der Waals surface area contributed by atoms with Gasteiger partial charge in [0.2, 0.25) is 0 Å². The minimum Gasteiger partial charge on any atom is -0.216 e. The van der Waals surface area contributed by atoms with Crippen molar-refractivity contribution in [2.24, 2.45) is 5.14 Å². The number of rotatable bonds is 5. The fourth-order valence-corrected chi connectivity index (χ4v) is 2.61. The van der Waals surface area contributed by atoms with Gasteiger partial charge in [0.15, 0.2) is 0 Å². The molecule has 0 heterocycles. The zero-order valence-electron chi connectivity index (χ0n) is 8.68.